The molecule has 0 aliphatic rings. The minimum atomic E-state index is 0.397. The van der Waals surface area contributed by atoms with Crippen LogP contribution in [0.4, 0.5) is 6.01 Å². The fourth-order valence-electron chi connectivity index (χ4n) is 1.18. The fraction of sp³-hybridized carbons (Fsp3) is 0.500. The van der Waals surface area contributed by atoms with E-state index >= 15 is 0 Å². The molecule has 2 aromatic rings. The standard InChI is InChI=1S/C10H15N5OS/c1-7(2)12-5-8-14-15-10(16-8)13-6-9-11-3-4-17-9/h3-4,7,12H,5-6H2,1-2H3,(H,13,15). The summed E-state index contributed by atoms with van der Waals surface area (Å²) in [6.45, 7) is 5.33. The number of anilines is 1. The van der Waals surface area contributed by atoms with Gasteiger partial charge in [0.1, 0.15) is 5.01 Å². The summed E-state index contributed by atoms with van der Waals surface area (Å²) in [7, 11) is 0. The lowest BCUT2D eigenvalue weighted by Crippen LogP contribution is -2.21. The smallest absolute Gasteiger partial charge is 0.315 e. The highest BCUT2D eigenvalue weighted by Crippen LogP contribution is 2.09. The van der Waals surface area contributed by atoms with Gasteiger partial charge in [0.25, 0.3) is 0 Å². The van der Waals surface area contributed by atoms with Crippen molar-refractivity contribution in [3.8, 4) is 0 Å². The van der Waals surface area contributed by atoms with Crippen LogP contribution in [0.2, 0.25) is 0 Å². The lowest BCUT2D eigenvalue weighted by Gasteiger charge is -2.03. The van der Waals surface area contributed by atoms with Gasteiger partial charge in [0.05, 0.1) is 13.1 Å². The van der Waals surface area contributed by atoms with E-state index in [-0.39, 0.29) is 0 Å². The molecule has 0 fully saturated rings. The molecular weight excluding hydrogens is 238 g/mol. The third-order valence-corrected chi connectivity index (χ3v) is 2.78. The summed E-state index contributed by atoms with van der Waals surface area (Å²) in [5.41, 5.74) is 0. The van der Waals surface area contributed by atoms with Crippen molar-refractivity contribution in [3.05, 3.63) is 22.5 Å². The summed E-state index contributed by atoms with van der Waals surface area (Å²) < 4.78 is 5.41. The maximum atomic E-state index is 5.41. The summed E-state index contributed by atoms with van der Waals surface area (Å²) in [4.78, 5) is 4.15. The van der Waals surface area contributed by atoms with Gasteiger partial charge in [-0.05, 0) is 0 Å². The molecule has 0 spiro atoms. The summed E-state index contributed by atoms with van der Waals surface area (Å²) in [5.74, 6) is 0.584. The molecule has 2 rings (SSSR count). The third-order valence-electron chi connectivity index (χ3n) is 2.00. The zero-order valence-electron chi connectivity index (χ0n) is 9.80. The van der Waals surface area contributed by atoms with Crippen LogP contribution in [0.25, 0.3) is 0 Å². The monoisotopic (exact) mass is 253 g/mol. The Morgan fingerprint density at radius 2 is 2.24 bits per heavy atom. The molecule has 0 radical (unpaired) electrons. The minimum absolute atomic E-state index is 0.397. The van der Waals surface area contributed by atoms with Gasteiger partial charge in [-0.15, -0.1) is 16.4 Å². The molecule has 2 heterocycles. The molecule has 0 aliphatic carbocycles. The van der Waals surface area contributed by atoms with E-state index in [2.05, 4.69) is 39.7 Å². The van der Waals surface area contributed by atoms with E-state index < -0.39 is 0 Å². The molecule has 92 valence electrons. The highest BCUT2D eigenvalue weighted by molar-refractivity contribution is 7.09. The van der Waals surface area contributed by atoms with Crippen molar-refractivity contribution >= 4 is 17.4 Å². The van der Waals surface area contributed by atoms with Crippen LogP contribution in [-0.2, 0) is 13.1 Å². The van der Waals surface area contributed by atoms with Gasteiger partial charge >= 0.3 is 6.01 Å². The molecule has 0 saturated heterocycles. The molecule has 2 N–H and O–H groups in total. The molecule has 0 aromatic carbocycles. The predicted molar refractivity (Wildman–Crippen MR) is 65.7 cm³/mol. The maximum absolute atomic E-state index is 5.41. The number of rotatable bonds is 6. The topological polar surface area (TPSA) is 75.9 Å². The highest BCUT2D eigenvalue weighted by atomic mass is 32.1. The Morgan fingerprint density at radius 1 is 1.35 bits per heavy atom. The summed E-state index contributed by atoms with van der Waals surface area (Å²) in [6.07, 6.45) is 1.77. The van der Waals surface area contributed by atoms with Crippen molar-refractivity contribution in [1.29, 1.82) is 0 Å². The lowest BCUT2D eigenvalue weighted by molar-refractivity contribution is 0.458. The summed E-state index contributed by atoms with van der Waals surface area (Å²) in [6, 6.07) is 0.828. The Morgan fingerprint density at radius 3 is 2.94 bits per heavy atom. The van der Waals surface area contributed by atoms with Gasteiger partial charge in [0.15, 0.2) is 0 Å². The minimum Gasteiger partial charge on any atom is -0.407 e. The second kappa shape index (κ2) is 5.74. The molecule has 6 nitrogen and oxygen atoms in total. The Labute approximate surface area is 103 Å². The Kier molecular flexibility index (Phi) is 4.05. The molecular formula is C10H15N5OS. The highest BCUT2D eigenvalue weighted by Gasteiger charge is 2.06. The van der Waals surface area contributed by atoms with Crippen LogP contribution in [0.1, 0.15) is 24.7 Å². The number of thiazole rings is 1. The maximum Gasteiger partial charge on any atom is 0.315 e. The largest absolute Gasteiger partial charge is 0.407 e. The second-order valence-corrected chi connectivity index (χ2v) is 4.80. The Hall–Kier alpha value is -1.47. The van der Waals surface area contributed by atoms with Gasteiger partial charge < -0.3 is 15.1 Å². The molecule has 0 bridgehead atoms. The zero-order chi connectivity index (χ0) is 12.1. The second-order valence-electron chi connectivity index (χ2n) is 3.82. The van der Waals surface area contributed by atoms with E-state index in [0.717, 1.165) is 5.01 Å². The molecule has 0 amide bonds. The average Bonchev–Trinajstić information content (AvgIpc) is 2.95. The fourth-order valence-corrected chi connectivity index (χ4v) is 1.74. The lowest BCUT2D eigenvalue weighted by atomic mass is 10.4. The van der Waals surface area contributed by atoms with Crippen LogP contribution in [-0.4, -0.2) is 21.2 Å². The number of hydrogen-bond acceptors (Lipinski definition) is 7. The Balaban J connectivity index is 1.81. The van der Waals surface area contributed by atoms with Crippen LogP contribution in [0.3, 0.4) is 0 Å². The van der Waals surface area contributed by atoms with Crippen LogP contribution in [0.15, 0.2) is 16.0 Å². The number of nitrogens with one attached hydrogen (secondary N) is 2. The number of hydrogen-bond donors (Lipinski definition) is 2. The molecule has 0 unspecified atom stereocenters. The van der Waals surface area contributed by atoms with Gasteiger partial charge in [0, 0.05) is 17.6 Å². The average molecular weight is 253 g/mol. The van der Waals surface area contributed by atoms with Gasteiger partial charge in [-0.25, -0.2) is 4.98 Å². The van der Waals surface area contributed by atoms with E-state index in [1.54, 1.807) is 17.5 Å². The molecule has 7 heteroatoms. The predicted octanol–water partition coefficient (Wildman–Crippen LogP) is 1.64. The molecule has 0 aliphatic heterocycles. The quantitative estimate of drug-likeness (QED) is 0.815. The normalized spacial score (nSPS) is 11.0. The summed E-state index contributed by atoms with van der Waals surface area (Å²) in [5, 5.41) is 17.0. The van der Waals surface area contributed by atoms with Crippen molar-refractivity contribution in [2.45, 2.75) is 33.0 Å². The van der Waals surface area contributed by atoms with E-state index in [4.69, 9.17) is 4.42 Å². The van der Waals surface area contributed by atoms with E-state index in [9.17, 15) is 0 Å². The first-order chi connectivity index (χ1) is 8.24. The van der Waals surface area contributed by atoms with Crippen molar-refractivity contribution in [3.63, 3.8) is 0 Å². The third kappa shape index (κ3) is 3.79. The summed E-state index contributed by atoms with van der Waals surface area (Å²) >= 11 is 1.59. The zero-order valence-corrected chi connectivity index (χ0v) is 10.6. The molecule has 0 atom stereocenters. The van der Waals surface area contributed by atoms with Crippen LogP contribution >= 0.6 is 11.3 Å². The molecule has 0 saturated carbocycles. The molecule has 2 aromatic heterocycles. The van der Waals surface area contributed by atoms with Gasteiger partial charge in [0.2, 0.25) is 5.89 Å². The van der Waals surface area contributed by atoms with Crippen molar-refractivity contribution in [1.82, 2.24) is 20.5 Å². The van der Waals surface area contributed by atoms with Gasteiger partial charge in [-0.1, -0.05) is 18.9 Å². The van der Waals surface area contributed by atoms with Crippen LogP contribution < -0.4 is 10.6 Å². The van der Waals surface area contributed by atoms with Gasteiger partial charge in [-0.2, -0.15) is 0 Å². The van der Waals surface area contributed by atoms with Crippen molar-refractivity contribution in [2.24, 2.45) is 0 Å². The van der Waals surface area contributed by atoms with Crippen LogP contribution in [0.5, 0.6) is 0 Å². The van der Waals surface area contributed by atoms with Crippen LogP contribution in [0, 0.1) is 0 Å². The Bertz CT molecular complexity index is 439. The number of nitrogens with zero attached hydrogens (tertiary/aromatic N) is 3. The van der Waals surface area contributed by atoms with Crippen molar-refractivity contribution < 1.29 is 4.42 Å². The van der Waals surface area contributed by atoms with E-state index in [1.807, 2.05) is 5.38 Å². The first-order valence-electron chi connectivity index (χ1n) is 5.42. The van der Waals surface area contributed by atoms with E-state index in [0.29, 0.717) is 31.0 Å². The number of aromatic nitrogens is 3. The van der Waals surface area contributed by atoms with Crippen molar-refractivity contribution in [2.75, 3.05) is 5.32 Å². The first-order valence-corrected chi connectivity index (χ1v) is 6.30. The molecule has 17 heavy (non-hydrogen) atoms. The van der Waals surface area contributed by atoms with Gasteiger partial charge in [-0.3, -0.25) is 0 Å². The van der Waals surface area contributed by atoms with E-state index in [1.165, 1.54) is 0 Å². The SMILES string of the molecule is CC(C)NCc1nnc(NCc2nccs2)o1. The first kappa shape index (κ1) is 12.0.